The third-order valence-corrected chi connectivity index (χ3v) is 6.03. The molecule has 7 heteroatoms. The lowest BCUT2D eigenvalue weighted by Crippen LogP contribution is -2.31. The largest absolute Gasteiger partial charge is 0.497 e. The van der Waals surface area contributed by atoms with Crippen LogP contribution in [-0.4, -0.2) is 22.6 Å². The Labute approximate surface area is 164 Å². The molecule has 0 aliphatic carbocycles. The van der Waals surface area contributed by atoms with E-state index in [1.165, 1.54) is 36.7 Å². The molecule has 3 rings (SSSR count). The number of anilines is 1. The van der Waals surface area contributed by atoms with Gasteiger partial charge in [-0.25, -0.2) is 12.8 Å². The van der Waals surface area contributed by atoms with Gasteiger partial charge in [0.15, 0.2) is 0 Å². The Hall–Kier alpha value is -3.06. The second-order valence-corrected chi connectivity index (χ2v) is 7.82. The average molecular weight is 401 g/mol. The Bertz CT molecular complexity index is 1050. The standard InChI is InChI=1S/C21H20FNO4S/c1-26-18-12-10-17(11-13-18)23(15-16-6-5-7-19(14-16)27-2)28(24,25)21-9-4-3-8-20(21)22/h3-14H,15H2,1-2H3. The van der Waals surface area contributed by atoms with Crippen LogP contribution >= 0.6 is 0 Å². The predicted octanol–water partition coefficient (Wildman–Crippen LogP) is 4.24. The summed E-state index contributed by atoms with van der Waals surface area (Å²) in [6.45, 7) is 0.0141. The number of methoxy groups -OCH3 is 2. The van der Waals surface area contributed by atoms with Gasteiger partial charge in [-0.15, -0.1) is 0 Å². The van der Waals surface area contributed by atoms with Gasteiger partial charge in [-0.05, 0) is 54.1 Å². The van der Waals surface area contributed by atoms with E-state index in [2.05, 4.69) is 0 Å². The molecule has 0 N–H and O–H groups in total. The number of hydrogen-bond donors (Lipinski definition) is 0. The van der Waals surface area contributed by atoms with Crippen molar-refractivity contribution in [1.82, 2.24) is 0 Å². The molecule has 0 saturated carbocycles. The summed E-state index contributed by atoms with van der Waals surface area (Å²) in [5.41, 5.74) is 1.10. The monoisotopic (exact) mass is 401 g/mol. The number of halogens is 1. The van der Waals surface area contributed by atoms with Crippen molar-refractivity contribution < 1.29 is 22.3 Å². The molecule has 3 aromatic carbocycles. The highest BCUT2D eigenvalue weighted by Gasteiger charge is 2.28. The number of ether oxygens (including phenoxy) is 2. The van der Waals surface area contributed by atoms with Crippen molar-refractivity contribution in [3.63, 3.8) is 0 Å². The zero-order valence-electron chi connectivity index (χ0n) is 15.5. The molecular weight excluding hydrogens is 381 g/mol. The van der Waals surface area contributed by atoms with E-state index in [1.807, 2.05) is 0 Å². The maximum atomic E-state index is 14.3. The van der Waals surface area contributed by atoms with Crippen molar-refractivity contribution in [2.45, 2.75) is 11.4 Å². The van der Waals surface area contributed by atoms with Crippen LogP contribution in [0, 0.1) is 5.82 Å². The van der Waals surface area contributed by atoms with Gasteiger partial charge in [-0.3, -0.25) is 4.31 Å². The summed E-state index contributed by atoms with van der Waals surface area (Å²) >= 11 is 0. The summed E-state index contributed by atoms with van der Waals surface area (Å²) in [5, 5.41) is 0. The first-order valence-electron chi connectivity index (χ1n) is 8.50. The molecule has 5 nitrogen and oxygen atoms in total. The zero-order chi connectivity index (χ0) is 20.1. The summed E-state index contributed by atoms with van der Waals surface area (Å²) in [4.78, 5) is -0.381. The molecule has 0 fully saturated rings. The summed E-state index contributed by atoms with van der Waals surface area (Å²) in [5.74, 6) is 0.399. The van der Waals surface area contributed by atoms with Crippen molar-refractivity contribution in [3.05, 3.63) is 84.2 Å². The lowest BCUT2D eigenvalue weighted by atomic mass is 10.2. The first-order chi connectivity index (χ1) is 13.5. The van der Waals surface area contributed by atoms with Crippen molar-refractivity contribution in [1.29, 1.82) is 0 Å². The third-order valence-electron chi connectivity index (χ3n) is 4.23. The highest BCUT2D eigenvalue weighted by Crippen LogP contribution is 2.29. The topological polar surface area (TPSA) is 55.8 Å². The molecule has 0 amide bonds. The van der Waals surface area contributed by atoms with Gasteiger partial charge in [-0.1, -0.05) is 24.3 Å². The maximum Gasteiger partial charge on any atom is 0.267 e. The summed E-state index contributed by atoms with van der Waals surface area (Å²) in [6.07, 6.45) is 0. The maximum absolute atomic E-state index is 14.3. The normalized spacial score (nSPS) is 11.1. The fourth-order valence-corrected chi connectivity index (χ4v) is 4.29. The van der Waals surface area contributed by atoms with Crippen LogP contribution < -0.4 is 13.8 Å². The lowest BCUT2D eigenvalue weighted by molar-refractivity contribution is 0.414. The van der Waals surface area contributed by atoms with Crippen molar-refractivity contribution >= 4 is 15.7 Å². The number of hydrogen-bond acceptors (Lipinski definition) is 4. The lowest BCUT2D eigenvalue weighted by Gasteiger charge is -2.25. The molecule has 0 bridgehead atoms. The van der Waals surface area contributed by atoms with Crippen LogP contribution in [0.25, 0.3) is 0 Å². The van der Waals surface area contributed by atoms with E-state index in [-0.39, 0.29) is 11.4 Å². The second-order valence-electron chi connectivity index (χ2n) is 5.99. The first kappa shape index (κ1) is 19.7. The minimum absolute atomic E-state index is 0.0141. The Morgan fingerprint density at radius 2 is 1.54 bits per heavy atom. The van der Waals surface area contributed by atoms with Gasteiger partial charge in [0.2, 0.25) is 0 Å². The Balaban J connectivity index is 2.09. The highest BCUT2D eigenvalue weighted by atomic mass is 32.2. The molecule has 146 valence electrons. The Morgan fingerprint density at radius 1 is 0.857 bits per heavy atom. The van der Waals surface area contributed by atoms with Gasteiger partial charge in [0.1, 0.15) is 22.2 Å². The van der Waals surface area contributed by atoms with Gasteiger partial charge >= 0.3 is 0 Å². The van der Waals surface area contributed by atoms with E-state index in [9.17, 15) is 12.8 Å². The number of benzene rings is 3. The fourth-order valence-electron chi connectivity index (χ4n) is 2.77. The second kappa shape index (κ2) is 8.31. The van der Waals surface area contributed by atoms with E-state index in [0.29, 0.717) is 22.7 Å². The first-order valence-corrected chi connectivity index (χ1v) is 9.94. The van der Waals surface area contributed by atoms with Gasteiger partial charge < -0.3 is 9.47 Å². The van der Waals surface area contributed by atoms with Crippen LogP contribution in [0.15, 0.2) is 77.7 Å². The van der Waals surface area contributed by atoms with E-state index < -0.39 is 15.8 Å². The molecule has 0 aromatic heterocycles. The smallest absolute Gasteiger partial charge is 0.267 e. The van der Waals surface area contributed by atoms with E-state index in [4.69, 9.17) is 9.47 Å². The molecule has 3 aromatic rings. The van der Waals surface area contributed by atoms with Gasteiger partial charge in [0.05, 0.1) is 26.5 Å². The van der Waals surface area contributed by atoms with E-state index >= 15 is 0 Å². The zero-order valence-corrected chi connectivity index (χ0v) is 16.3. The third kappa shape index (κ3) is 4.09. The Kier molecular flexibility index (Phi) is 5.84. The molecule has 0 radical (unpaired) electrons. The van der Waals surface area contributed by atoms with E-state index in [1.54, 1.807) is 48.5 Å². The molecule has 0 aliphatic heterocycles. The molecule has 0 aliphatic rings. The number of rotatable bonds is 7. The van der Waals surface area contributed by atoms with Crippen LogP contribution in [0.3, 0.4) is 0 Å². The molecule has 0 saturated heterocycles. The van der Waals surface area contributed by atoms with Crippen LogP contribution in [0.1, 0.15) is 5.56 Å². The van der Waals surface area contributed by atoms with Crippen molar-refractivity contribution in [2.75, 3.05) is 18.5 Å². The molecular formula is C21H20FNO4S. The average Bonchev–Trinajstić information content (AvgIpc) is 2.72. The van der Waals surface area contributed by atoms with Gasteiger partial charge in [-0.2, -0.15) is 0 Å². The quantitative estimate of drug-likeness (QED) is 0.594. The van der Waals surface area contributed by atoms with Gasteiger partial charge in [0, 0.05) is 0 Å². The minimum Gasteiger partial charge on any atom is -0.497 e. The Morgan fingerprint density at radius 3 is 2.18 bits per heavy atom. The molecule has 28 heavy (non-hydrogen) atoms. The van der Waals surface area contributed by atoms with Gasteiger partial charge in [0.25, 0.3) is 10.0 Å². The summed E-state index contributed by atoms with van der Waals surface area (Å²) in [7, 11) is -1.08. The van der Waals surface area contributed by atoms with Crippen LogP contribution in [-0.2, 0) is 16.6 Å². The SMILES string of the molecule is COc1ccc(N(Cc2cccc(OC)c2)S(=O)(=O)c2ccccc2F)cc1. The van der Waals surface area contributed by atoms with Crippen LogP contribution in [0.5, 0.6) is 11.5 Å². The number of sulfonamides is 1. The van der Waals surface area contributed by atoms with Crippen LogP contribution in [0.4, 0.5) is 10.1 Å². The fraction of sp³-hybridized carbons (Fsp3) is 0.143. The molecule has 0 heterocycles. The molecule has 0 unspecified atom stereocenters. The number of nitrogens with zero attached hydrogens (tertiary/aromatic N) is 1. The molecule has 0 spiro atoms. The van der Waals surface area contributed by atoms with E-state index in [0.717, 1.165) is 6.07 Å². The molecule has 0 atom stereocenters. The van der Waals surface area contributed by atoms with Crippen LogP contribution in [0.2, 0.25) is 0 Å². The van der Waals surface area contributed by atoms with Crippen molar-refractivity contribution in [3.8, 4) is 11.5 Å². The highest BCUT2D eigenvalue weighted by molar-refractivity contribution is 7.92. The minimum atomic E-state index is -4.15. The summed E-state index contributed by atoms with van der Waals surface area (Å²) in [6, 6.07) is 19.0. The summed E-state index contributed by atoms with van der Waals surface area (Å²) < 4.78 is 52.4. The predicted molar refractivity (Wildman–Crippen MR) is 106 cm³/mol. The van der Waals surface area contributed by atoms with Crippen molar-refractivity contribution in [2.24, 2.45) is 0 Å².